The molecule has 0 fully saturated rings. The first-order valence-corrected chi connectivity index (χ1v) is 6.18. The van der Waals surface area contributed by atoms with Crippen LogP contribution in [-0.4, -0.2) is 16.1 Å². The van der Waals surface area contributed by atoms with Crippen LogP contribution < -0.4 is 0 Å². The molecule has 0 aliphatic carbocycles. The predicted molar refractivity (Wildman–Crippen MR) is 71.0 cm³/mol. The Morgan fingerprint density at radius 2 is 2.00 bits per heavy atom. The maximum Gasteiger partial charge on any atom is 0.416 e. The summed E-state index contributed by atoms with van der Waals surface area (Å²) in [6.45, 7) is 0. The highest BCUT2D eigenvalue weighted by molar-refractivity contribution is 6.31. The highest BCUT2D eigenvalue weighted by Crippen LogP contribution is 2.34. The third-order valence-electron chi connectivity index (χ3n) is 2.83. The quantitative estimate of drug-likeness (QED) is 0.929. The molecule has 1 aromatic heterocycles. The lowest BCUT2D eigenvalue weighted by Crippen LogP contribution is -2.06. The van der Waals surface area contributed by atoms with Crippen LogP contribution in [0.5, 0.6) is 0 Å². The summed E-state index contributed by atoms with van der Waals surface area (Å²) in [6.07, 6.45) is -2.31. The van der Waals surface area contributed by atoms with Crippen molar-refractivity contribution in [1.82, 2.24) is 4.98 Å². The van der Waals surface area contributed by atoms with Crippen molar-refractivity contribution in [2.75, 3.05) is 0 Å². The SMILES string of the molecule is O=C(O)Cc1c(Cl)cncc1-c1cccc(C(F)(F)F)c1. The molecule has 1 heterocycles. The molecule has 0 unspecified atom stereocenters. The summed E-state index contributed by atoms with van der Waals surface area (Å²) in [4.78, 5) is 14.7. The summed E-state index contributed by atoms with van der Waals surface area (Å²) < 4.78 is 38.2. The Balaban J connectivity index is 2.57. The van der Waals surface area contributed by atoms with Gasteiger partial charge in [0.2, 0.25) is 0 Å². The van der Waals surface area contributed by atoms with E-state index in [1.54, 1.807) is 0 Å². The molecule has 2 aromatic rings. The van der Waals surface area contributed by atoms with Gasteiger partial charge in [-0.2, -0.15) is 13.2 Å². The van der Waals surface area contributed by atoms with Gasteiger partial charge < -0.3 is 5.11 Å². The number of aliphatic carboxylic acids is 1. The number of nitrogens with zero attached hydrogens (tertiary/aromatic N) is 1. The van der Waals surface area contributed by atoms with Gasteiger partial charge in [0.25, 0.3) is 0 Å². The van der Waals surface area contributed by atoms with E-state index in [2.05, 4.69) is 4.98 Å². The Bertz CT molecular complexity index is 686. The van der Waals surface area contributed by atoms with Gasteiger partial charge in [-0.3, -0.25) is 9.78 Å². The van der Waals surface area contributed by atoms with Crippen molar-refractivity contribution >= 4 is 17.6 Å². The zero-order valence-corrected chi connectivity index (χ0v) is 11.2. The zero-order chi connectivity index (χ0) is 15.6. The first-order valence-electron chi connectivity index (χ1n) is 5.81. The van der Waals surface area contributed by atoms with Gasteiger partial charge in [-0.15, -0.1) is 0 Å². The van der Waals surface area contributed by atoms with E-state index in [0.29, 0.717) is 0 Å². The van der Waals surface area contributed by atoms with E-state index in [0.717, 1.165) is 12.1 Å². The molecule has 1 aromatic carbocycles. The largest absolute Gasteiger partial charge is 0.481 e. The number of carboxylic acid groups (broad SMARTS) is 1. The van der Waals surface area contributed by atoms with Gasteiger partial charge in [-0.1, -0.05) is 23.7 Å². The third kappa shape index (κ3) is 3.52. The standard InChI is InChI=1S/C14H9ClF3NO2/c15-12-7-19-6-11(10(12)5-13(20)21)8-2-1-3-9(4-8)14(16,17)18/h1-4,6-7H,5H2,(H,20,21). The lowest BCUT2D eigenvalue weighted by atomic mass is 9.98. The summed E-state index contributed by atoms with van der Waals surface area (Å²) >= 11 is 5.91. The first-order chi connectivity index (χ1) is 9.79. The van der Waals surface area contributed by atoms with Gasteiger partial charge in [0.15, 0.2) is 0 Å². The van der Waals surface area contributed by atoms with Crippen molar-refractivity contribution in [3.63, 3.8) is 0 Å². The molecule has 1 N–H and O–H groups in total. The Morgan fingerprint density at radius 3 is 2.62 bits per heavy atom. The van der Waals surface area contributed by atoms with E-state index in [9.17, 15) is 18.0 Å². The zero-order valence-electron chi connectivity index (χ0n) is 10.5. The van der Waals surface area contributed by atoms with Crippen LogP contribution in [0.1, 0.15) is 11.1 Å². The van der Waals surface area contributed by atoms with Gasteiger partial charge in [-0.05, 0) is 23.3 Å². The molecule has 7 heteroatoms. The number of hydrogen-bond donors (Lipinski definition) is 1. The normalized spacial score (nSPS) is 11.4. The molecule has 0 spiro atoms. The molecule has 0 aliphatic heterocycles. The maximum atomic E-state index is 12.7. The van der Waals surface area contributed by atoms with Gasteiger partial charge >= 0.3 is 12.1 Å². The number of hydrogen-bond acceptors (Lipinski definition) is 2. The third-order valence-corrected chi connectivity index (χ3v) is 3.16. The second-order valence-corrected chi connectivity index (χ2v) is 4.70. The van der Waals surface area contributed by atoms with Crippen LogP contribution in [0.2, 0.25) is 5.02 Å². The van der Waals surface area contributed by atoms with Crippen molar-refractivity contribution < 1.29 is 23.1 Å². The average molecular weight is 316 g/mol. The lowest BCUT2D eigenvalue weighted by Gasteiger charge is -2.12. The molecule has 0 saturated carbocycles. The van der Waals surface area contributed by atoms with E-state index in [1.807, 2.05) is 0 Å². The molecule has 0 amide bonds. The highest BCUT2D eigenvalue weighted by Gasteiger charge is 2.30. The summed E-state index contributed by atoms with van der Waals surface area (Å²) in [7, 11) is 0. The molecule has 110 valence electrons. The summed E-state index contributed by atoms with van der Waals surface area (Å²) in [6, 6.07) is 4.59. The average Bonchev–Trinajstić information content (AvgIpc) is 2.40. The molecule has 0 atom stereocenters. The van der Waals surface area contributed by atoms with Crippen LogP contribution in [0.4, 0.5) is 13.2 Å². The summed E-state index contributed by atoms with van der Waals surface area (Å²) in [5.74, 6) is -1.13. The van der Waals surface area contributed by atoms with E-state index in [1.165, 1.54) is 24.5 Å². The second kappa shape index (κ2) is 5.73. The minimum atomic E-state index is -4.48. The molecular weight excluding hydrogens is 307 g/mol. The fourth-order valence-corrected chi connectivity index (χ4v) is 2.13. The number of halogens is 4. The van der Waals surface area contributed by atoms with Crippen molar-refractivity contribution in [2.45, 2.75) is 12.6 Å². The van der Waals surface area contributed by atoms with Gasteiger partial charge in [0.1, 0.15) is 0 Å². The fraction of sp³-hybridized carbons (Fsp3) is 0.143. The molecule has 0 saturated heterocycles. The van der Waals surface area contributed by atoms with Gasteiger partial charge in [0, 0.05) is 18.0 Å². The number of benzene rings is 1. The van der Waals surface area contributed by atoms with E-state index in [4.69, 9.17) is 16.7 Å². The number of alkyl halides is 3. The fourth-order valence-electron chi connectivity index (χ4n) is 1.90. The van der Waals surface area contributed by atoms with Crippen LogP contribution in [0.25, 0.3) is 11.1 Å². The predicted octanol–water partition coefficient (Wildman–Crippen LogP) is 4.05. The van der Waals surface area contributed by atoms with Crippen molar-refractivity contribution in [3.05, 3.63) is 52.8 Å². The van der Waals surface area contributed by atoms with Gasteiger partial charge in [-0.25, -0.2) is 0 Å². The monoisotopic (exact) mass is 315 g/mol. The van der Waals surface area contributed by atoms with Crippen LogP contribution in [-0.2, 0) is 17.4 Å². The van der Waals surface area contributed by atoms with E-state index >= 15 is 0 Å². The Hall–Kier alpha value is -2.08. The highest BCUT2D eigenvalue weighted by atomic mass is 35.5. The summed E-state index contributed by atoms with van der Waals surface area (Å²) in [5.41, 5.74) is -0.0909. The molecule has 0 aliphatic rings. The van der Waals surface area contributed by atoms with Crippen molar-refractivity contribution in [1.29, 1.82) is 0 Å². The number of carboxylic acids is 1. The molecular formula is C14H9ClF3NO2. The minimum absolute atomic E-state index is 0.104. The molecule has 3 nitrogen and oxygen atoms in total. The topological polar surface area (TPSA) is 50.2 Å². The van der Waals surface area contributed by atoms with Crippen LogP contribution in [0.15, 0.2) is 36.7 Å². The molecule has 2 rings (SSSR count). The number of rotatable bonds is 3. The van der Waals surface area contributed by atoms with Crippen LogP contribution in [0.3, 0.4) is 0 Å². The van der Waals surface area contributed by atoms with Crippen molar-refractivity contribution in [3.8, 4) is 11.1 Å². The van der Waals surface area contributed by atoms with E-state index in [-0.39, 0.29) is 21.7 Å². The Labute approximate surface area is 123 Å². The Morgan fingerprint density at radius 1 is 1.29 bits per heavy atom. The van der Waals surface area contributed by atoms with Gasteiger partial charge in [0.05, 0.1) is 17.0 Å². The number of carbonyl (C=O) groups is 1. The Kier molecular flexibility index (Phi) is 4.18. The molecule has 0 radical (unpaired) electrons. The second-order valence-electron chi connectivity index (χ2n) is 4.30. The van der Waals surface area contributed by atoms with E-state index < -0.39 is 24.1 Å². The maximum absolute atomic E-state index is 12.7. The van der Waals surface area contributed by atoms with Crippen LogP contribution in [0, 0.1) is 0 Å². The number of pyridine rings is 1. The van der Waals surface area contributed by atoms with Crippen LogP contribution >= 0.6 is 11.6 Å². The summed E-state index contributed by atoms with van der Waals surface area (Å²) in [5, 5.41) is 8.99. The van der Waals surface area contributed by atoms with Crippen molar-refractivity contribution in [2.24, 2.45) is 0 Å². The molecule has 0 bridgehead atoms. The molecule has 21 heavy (non-hydrogen) atoms. The number of aromatic nitrogens is 1. The first kappa shape index (κ1) is 15.3. The minimum Gasteiger partial charge on any atom is -0.481 e. The smallest absolute Gasteiger partial charge is 0.416 e. The lowest BCUT2D eigenvalue weighted by molar-refractivity contribution is -0.138.